The second-order valence-corrected chi connectivity index (χ2v) is 6.02. The van der Waals surface area contributed by atoms with Crippen molar-refractivity contribution in [2.75, 3.05) is 33.3 Å². The Morgan fingerprint density at radius 3 is 2.15 bits per heavy atom. The molecule has 0 saturated carbocycles. The number of ether oxygens (including phenoxy) is 4. The van der Waals surface area contributed by atoms with Gasteiger partial charge >= 0.3 is 0 Å². The zero-order valence-corrected chi connectivity index (χ0v) is 15.4. The fourth-order valence-electron chi connectivity index (χ4n) is 3.37. The monoisotopic (exact) mass is 369 g/mol. The van der Waals surface area contributed by atoms with Crippen LogP contribution in [0.15, 0.2) is 29.3 Å². The van der Waals surface area contributed by atoms with Gasteiger partial charge in [0.05, 0.1) is 51.7 Å². The van der Waals surface area contributed by atoms with E-state index < -0.39 is 6.17 Å². The Hall–Kier alpha value is -3.42. The summed E-state index contributed by atoms with van der Waals surface area (Å²) in [4.78, 5) is 19.2. The van der Waals surface area contributed by atoms with Crippen molar-refractivity contribution in [2.24, 2.45) is 4.99 Å². The van der Waals surface area contributed by atoms with E-state index in [0.717, 1.165) is 5.56 Å². The van der Waals surface area contributed by atoms with Crippen LogP contribution in [0.3, 0.4) is 0 Å². The summed E-state index contributed by atoms with van der Waals surface area (Å²) in [5, 5.41) is 3.01. The van der Waals surface area contributed by atoms with Crippen molar-refractivity contribution >= 4 is 23.6 Å². The normalized spacial score (nSPS) is 16.7. The lowest BCUT2D eigenvalue weighted by molar-refractivity contribution is 0.0930. The molecule has 27 heavy (non-hydrogen) atoms. The second kappa shape index (κ2) is 6.39. The highest BCUT2D eigenvalue weighted by molar-refractivity contribution is 6.07. The van der Waals surface area contributed by atoms with Gasteiger partial charge in [0.15, 0.2) is 23.0 Å². The Morgan fingerprint density at radius 2 is 1.48 bits per heavy atom. The van der Waals surface area contributed by atoms with Gasteiger partial charge in [-0.1, -0.05) is 0 Å². The summed E-state index contributed by atoms with van der Waals surface area (Å²) in [5.41, 5.74) is 2.69. The highest BCUT2D eigenvalue weighted by atomic mass is 16.5. The molecule has 140 valence electrons. The quantitative estimate of drug-likeness (QED) is 0.892. The van der Waals surface area contributed by atoms with Crippen LogP contribution in [0.5, 0.6) is 23.0 Å². The van der Waals surface area contributed by atoms with Crippen LogP contribution in [0.2, 0.25) is 0 Å². The van der Waals surface area contributed by atoms with Crippen molar-refractivity contribution in [1.82, 2.24) is 5.32 Å². The summed E-state index contributed by atoms with van der Waals surface area (Å²) >= 11 is 0. The van der Waals surface area contributed by atoms with Crippen LogP contribution in [0.25, 0.3) is 0 Å². The van der Waals surface area contributed by atoms with Gasteiger partial charge in [0, 0.05) is 17.7 Å². The number of carbonyl (C=O) groups is 1. The number of anilines is 1. The standard InChI is InChI=1S/C19H19N3O5/c1-24-14-5-10-12(7-16(14)26-3)20-9-22-13-8-17(27-4)15(25-2)6-11(13)19(23)21-18(10)22/h5-9,18H,1-4H3,(H,21,23). The van der Waals surface area contributed by atoms with Crippen molar-refractivity contribution in [3.05, 3.63) is 35.4 Å². The van der Waals surface area contributed by atoms with Gasteiger partial charge in [-0.2, -0.15) is 0 Å². The van der Waals surface area contributed by atoms with Crippen LogP contribution >= 0.6 is 0 Å². The molecule has 2 aromatic rings. The summed E-state index contributed by atoms with van der Waals surface area (Å²) < 4.78 is 21.4. The molecule has 2 aliphatic heterocycles. The maximum atomic E-state index is 12.8. The predicted molar refractivity (Wildman–Crippen MR) is 99.9 cm³/mol. The minimum absolute atomic E-state index is 0.205. The van der Waals surface area contributed by atoms with E-state index in [9.17, 15) is 4.79 Å². The number of hydrogen-bond acceptors (Lipinski definition) is 7. The molecule has 0 aliphatic carbocycles. The smallest absolute Gasteiger partial charge is 0.255 e. The van der Waals surface area contributed by atoms with Crippen LogP contribution in [-0.2, 0) is 0 Å². The van der Waals surface area contributed by atoms with Crippen LogP contribution in [0, 0.1) is 0 Å². The fourth-order valence-corrected chi connectivity index (χ4v) is 3.37. The van der Waals surface area contributed by atoms with Gasteiger partial charge in [0.1, 0.15) is 6.17 Å². The average Bonchev–Trinajstić information content (AvgIpc) is 2.71. The molecule has 4 rings (SSSR count). The van der Waals surface area contributed by atoms with Crippen molar-refractivity contribution < 1.29 is 23.7 Å². The molecule has 0 radical (unpaired) electrons. The van der Waals surface area contributed by atoms with Crippen LogP contribution < -0.4 is 29.2 Å². The van der Waals surface area contributed by atoms with Gasteiger partial charge in [-0.3, -0.25) is 4.79 Å². The van der Waals surface area contributed by atoms with Crippen molar-refractivity contribution in [3.8, 4) is 23.0 Å². The Labute approximate surface area is 156 Å². The maximum Gasteiger partial charge on any atom is 0.255 e. The van der Waals surface area contributed by atoms with E-state index in [-0.39, 0.29) is 5.91 Å². The third-order valence-electron chi connectivity index (χ3n) is 4.72. The molecule has 0 bridgehead atoms. The number of nitrogens with one attached hydrogen (secondary N) is 1. The largest absolute Gasteiger partial charge is 0.493 e. The number of nitrogens with zero attached hydrogens (tertiary/aromatic N) is 2. The molecule has 0 spiro atoms. The van der Waals surface area contributed by atoms with E-state index in [1.165, 1.54) is 7.11 Å². The number of methoxy groups -OCH3 is 4. The third kappa shape index (κ3) is 2.52. The minimum atomic E-state index is -0.421. The molecular weight excluding hydrogens is 350 g/mol. The third-order valence-corrected chi connectivity index (χ3v) is 4.72. The topological polar surface area (TPSA) is 81.6 Å². The van der Waals surface area contributed by atoms with Gasteiger partial charge in [-0.05, 0) is 12.1 Å². The highest BCUT2D eigenvalue weighted by Gasteiger charge is 2.36. The first kappa shape index (κ1) is 17.0. The lowest BCUT2D eigenvalue weighted by atomic mass is 10.00. The van der Waals surface area contributed by atoms with Crippen molar-refractivity contribution in [2.45, 2.75) is 6.17 Å². The molecule has 2 aromatic carbocycles. The number of amides is 1. The van der Waals surface area contributed by atoms with Gasteiger partial charge in [-0.25, -0.2) is 4.99 Å². The van der Waals surface area contributed by atoms with Crippen LogP contribution in [0.1, 0.15) is 22.1 Å². The number of benzene rings is 2. The first-order valence-electron chi connectivity index (χ1n) is 8.26. The van der Waals surface area contributed by atoms with E-state index >= 15 is 0 Å². The van der Waals surface area contributed by atoms with Crippen molar-refractivity contribution in [1.29, 1.82) is 0 Å². The Bertz CT molecular complexity index is 957. The molecule has 2 aliphatic rings. The molecule has 0 aromatic heterocycles. The maximum absolute atomic E-state index is 12.8. The second-order valence-electron chi connectivity index (χ2n) is 6.02. The van der Waals surface area contributed by atoms with Crippen LogP contribution in [-0.4, -0.2) is 40.7 Å². The lowest BCUT2D eigenvalue weighted by Crippen LogP contribution is -2.47. The molecule has 1 N–H and O–H groups in total. The van der Waals surface area contributed by atoms with Crippen LogP contribution in [0.4, 0.5) is 11.4 Å². The molecule has 1 amide bonds. The van der Waals surface area contributed by atoms with E-state index in [0.29, 0.717) is 39.9 Å². The number of fused-ring (bicyclic) bond motifs is 5. The Kier molecular flexibility index (Phi) is 4.02. The van der Waals surface area contributed by atoms with Crippen molar-refractivity contribution in [3.63, 3.8) is 0 Å². The molecular formula is C19H19N3O5. The summed E-state index contributed by atoms with van der Waals surface area (Å²) in [5.74, 6) is 1.97. The number of hydrogen-bond donors (Lipinski definition) is 1. The summed E-state index contributed by atoms with van der Waals surface area (Å²) in [6.45, 7) is 0. The SMILES string of the molecule is COc1cc2c(cc1OC)C1NC(=O)c3cc(OC)c(OC)cc3N1C=N2. The first-order chi connectivity index (χ1) is 13.1. The summed E-state index contributed by atoms with van der Waals surface area (Å²) in [6.07, 6.45) is 1.26. The molecule has 2 heterocycles. The van der Waals surface area contributed by atoms with E-state index in [1.54, 1.807) is 45.9 Å². The number of carbonyl (C=O) groups excluding carboxylic acids is 1. The van der Waals surface area contributed by atoms with Gasteiger partial charge in [0.2, 0.25) is 0 Å². The predicted octanol–water partition coefficient (Wildman–Crippen LogP) is 2.64. The molecule has 0 fully saturated rings. The lowest BCUT2D eigenvalue weighted by Gasteiger charge is -2.39. The van der Waals surface area contributed by atoms with E-state index in [2.05, 4.69) is 10.3 Å². The Morgan fingerprint density at radius 1 is 0.889 bits per heavy atom. The van der Waals surface area contributed by atoms with E-state index in [1.807, 2.05) is 11.0 Å². The van der Waals surface area contributed by atoms with Gasteiger partial charge < -0.3 is 29.2 Å². The number of aliphatic imine (C=N–C) groups is 1. The molecule has 0 saturated heterocycles. The summed E-state index contributed by atoms with van der Waals surface area (Å²) in [6, 6.07) is 7.06. The molecule has 8 nitrogen and oxygen atoms in total. The highest BCUT2D eigenvalue weighted by Crippen LogP contribution is 2.45. The van der Waals surface area contributed by atoms with Gasteiger partial charge in [0.25, 0.3) is 5.91 Å². The first-order valence-corrected chi connectivity index (χ1v) is 8.26. The average molecular weight is 369 g/mol. The summed E-state index contributed by atoms with van der Waals surface area (Å²) in [7, 11) is 6.23. The van der Waals surface area contributed by atoms with Gasteiger partial charge in [-0.15, -0.1) is 0 Å². The zero-order chi connectivity index (χ0) is 19.1. The molecule has 1 unspecified atom stereocenters. The minimum Gasteiger partial charge on any atom is -0.493 e. The molecule has 8 heteroatoms. The van der Waals surface area contributed by atoms with E-state index in [4.69, 9.17) is 18.9 Å². The number of rotatable bonds is 4. The fraction of sp³-hybridized carbons (Fsp3) is 0.263. The Balaban J connectivity index is 1.86. The molecule has 1 atom stereocenters. The zero-order valence-electron chi connectivity index (χ0n) is 15.4.